The van der Waals surface area contributed by atoms with Crippen LogP contribution in [0.3, 0.4) is 0 Å². The number of aryl methyl sites for hydroxylation is 1. The maximum Gasteiger partial charge on any atom is 0.255 e. The third-order valence-electron chi connectivity index (χ3n) is 7.93. The van der Waals surface area contributed by atoms with E-state index in [1.165, 1.54) is 0 Å². The topological polar surface area (TPSA) is 121 Å². The molecule has 2 heterocycles. The molecule has 1 aliphatic heterocycles. The monoisotopic (exact) mass is 554 g/mol. The van der Waals surface area contributed by atoms with Crippen LogP contribution in [0.5, 0.6) is 0 Å². The highest BCUT2D eigenvalue weighted by molar-refractivity contribution is 6.07. The minimum absolute atomic E-state index is 0.0383. The molecular formula is C32H38N6O3. The van der Waals surface area contributed by atoms with Gasteiger partial charge in [-0.15, -0.1) is 0 Å². The molecule has 1 saturated heterocycles. The van der Waals surface area contributed by atoms with Gasteiger partial charge in [0, 0.05) is 61.8 Å². The number of rotatable bonds is 6. The highest BCUT2D eigenvalue weighted by Crippen LogP contribution is 2.30. The van der Waals surface area contributed by atoms with Crippen molar-refractivity contribution in [1.82, 2.24) is 15.2 Å². The zero-order chi connectivity index (χ0) is 28.8. The number of carbonyl (C=O) groups excluding carboxylic acids is 3. The molecule has 0 radical (unpaired) electrons. The lowest BCUT2D eigenvalue weighted by Crippen LogP contribution is -2.40. The van der Waals surface area contributed by atoms with E-state index in [4.69, 9.17) is 5.73 Å². The summed E-state index contributed by atoms with van der Waals surface area (Å²) in [6.07, 6.45) is 7.54. The van der Waals surface area contributed by atoms with E-state index < -0.39 is 0 Å². The first-order valence-electron chi connectivity index (χ1n) is 14.4. The van der Waals surface area contributed by atoms with Crippen LogP contribution >= 0.6 is 0 Å². The number of pyridine rings is 1. The molecule has 3 amide bonds. The van der Waals surface area contributed by atoms with Crippen LogP contribution in [-0.2, 0) is 0 Å². The van der Waals surface area contributed by atoms with Crippen molar-refractivity contribution in [1.29, 1.82) is 0 Å². The largest absolute Gasteiger partial charge is 0.368 e. The van der Waals surface area contributed by atoms with Gasteiger partial charge in [-0.1, -0.05) is 17.7 Å². The van der Waals surface area contributed by atoms with Gasteiger partial charge >= 0.3 is 0 Å². The molecule has 9 nitrogen and oxygen atoms in total. The predicted molar refractivity (Wildman–Crippen MR) is 160 cm³/mol. The summed E-state index contributed by atoms with van der Waals surface area (Å²) >= 11 is 0. The van der Waals surface area contributed by atoms with Crippen LogP contribution in [0.1, 0.15) is 68.7 Å². The highest BCUT2D eigenvalue weighted by Gasteiger charge is 2.25. The quantitative estimate of drug-likeness (QED) is 0.424. The van der Waals surface area contributed by atoms with Crippen LogP contribution in [0, 0.1) is 6.92 Å². The van der Waals surface area contributed by atoms with E-state index in [0.717, 1.165) is 43.4 Å². The SMILES string of the molecule is Cc1cccc(C(=O)Nc2cc(C(=O)NC3CCC(N)CC3)ccc2N2CCCN(C(=O)c3cccnc3)CC2)c1. The third kappa shape index (κ3) is 7.10. The number of hydrogen-bond acceptors (Lipinski definition) is 6. The van der Waals surface area contributed by atoms with Crippen LogP contribution in [0.25, 0.3) is 0 Å². The van der Waals surface area contributed by atoms with Crippen LogP contribution in [-0.4, -0.2) is 65.9 Å². The first kappa shape index (κ1) is 28.3. The Morgan fingerprint density at radius 3 is 2.39 bits per heavy atom. The minimum Gasteiger partial charge on any atom is -0.368 e. The van der Waals surface area contributed by atoms with Crippen LogP contribution in [0.2, 0.25) is 0 Å². The molecule has 9 heteroatoms. The Kier molecular flexibility index (Phi) is 8.94. The summed E-state index contributed by atoms with van der Waals surface area (Å²) in [6.45, 7) is 4.40. The second-order valence-corrected chi connectivity index (χ2v) is 11.0. The molecule has 2 aliphatic rings. The van der Waals surface area contributed by atoms with Crippen molar-refractivity contribution in [3.63, 3.8) is 0 Å². The Hall–Kier alpha value is -4.24. The second-order valence-electron chi connectivity index (χ2n) is 11.0. The molecule has 3 aromatic rings. The first-order valence-corrected chi connectivity index (χ1v) is 14.4. The fourth-order valence-electron chi connectivity index (χ4n) is 5.60. The lowest BCUT2D eigenvalue weighted by Gasteiger charge is -2.28. The van der Waals surface area contributed by atoms with Crippen molar-refractivity contribution in [2.45, 2.75) is 51.1 Å². The molecule has 0 spiro atoms. The van der Waals surface area contributed by atoms with Crippen molar-refractivity contribution in [3.05, 3.63) is 89.2 Å². The van der Waals surface area contributed by atoms with Gasteiger partial charge < -0.3 is 26.2 Å². The van der Waals surface area contributed by atoms with Crippen LogP contribution in [0.15, 0.2) is 67.0 Å². The Bertz CT molecular complexity index is 1390. The average molecular weight is 555 g/mol. The normalized spacial score (nSPS) is 19.3. The smallest absolute Gasteiger partial charge is 0.255 e. The van der Waals surface area contributed by atoms with Gasteiger partial charge in [-0.05, 0) is 81.5 Å². The molecule has 0 bridgehead atoms. The molecule has 0 atom stereocenters. The summed E-state index contributed by atoms with van der Waals surface area (Å²) in [6, 6.07) is 16.7. The van der Waals surface area contributed by atoms with E-state index in [2.05, 4.69) is 20.5 Å². The minimum atomic E-state index is -0.239. The second kappa shape index (κ2) is 13.0. The van der Waals surface area contributed by atoms with Gasteiger partial charge in [-0.2, -0.15) is 0 Å². The molecule has 5 rings (SSSR count). The predicted octanol–water partition coefficient (Wildman–Crippen LogP) is 3.99. The van der Waals surface area contributed by atoms with Gasteiger partial charge in [-0.3, -0.25) is 19.4 Å². The van der Waals surface area contributed by atoms with Gasteiger partial charge in [0.15, 0.2) is 0 Å². The zero-order valence-corrected chi connectivity index (χ0v) is 23.5. The van der Waals surface area contributed by atoms with Gasteiger partial charge in [0.2, 0.25) is 0 Å². The van der Waals surface area contributed by atoms with Gasteiger partial charge in [0.25, 0.3) is 17.7 Å². The van der Waals surface area contributed by atoms with Gasteiger partial charge in [0.1, 0.15) is 0 Å². The summed E-state index contributed by atoms with van der Waals surface area (Å²) in [5.41, 5.74) is 10.0. The number of nitrogens with two attached hydrogens (primary N) is 1. The molecule has 2 fully saturated rings. The number of carbonyl (C=O) groups is 3. The number of amides is 3. The number of aromatic nitrogens is 1. The molecule has 1 aromatic heterocycles. The lowest BCUT2D eigenvalue weighted by molar-refractivity contribution is 0.0766. The first-order chi connectivity index (χ1) is 19.9. The van der Waals surface area contributed by atoms with Crippen molar-refractivity contribution >= 4 is 29.1 Å². The van der Waals surface area contributed by atoms with Crippen molar-refractivity contribution in [2.75, 3.05) is 36.4 Å². The van der Waals surface area contributed by atoms with E-state index in [0.29, 0.717) is 48.6 Å². The van der Waals surface area contributed by atoms with Crippen molar-refractivity contribution in [2.24, 2.45) is 5.73 Å². The zero-order valence-electron chi connectivity index (χ0n) is 23.5. The number of nitrogens with zero attached hydrogens (tertiary/aromatic N) is 3. The standard InChI is InChI=1S/C32H38N6O3/c1-22-5-2-6-23(19-22)31(40)36-28-20-24(30(39)35-27-11-9-26(33)10-12-27)8-13-29(28)37-15-4-16-38(18-17-37)32(41)25-7-3-14-34-21-25/h2-3,5-8,13-14,19-21,26-27H,4,9-12,15-18,33H2,1H3,(H,35,39)(H,36,40). The van der Waals surface area contributed by atoms with Gasteiger partial charge in [0.05, 0.1) is 16.9 Å². The van der Waals surface area contributed by atoms with E-state index in [1.54, 1.807) is 36.7 Å². The maximum atomic E-state index is 13.3. The van der Waals surface area contributed by atoms with E-state index >= 15 is 0 Å². The summed E-state index contributed by atoms with van der Waals surface area (Å²) in [5, 5.41) is 6.22. The summed E-state index contributed by atoms with van der Waals surface area (Å²) in [7, 11) is 0. The fourth-order valence-corrected chi connectivity index (χ4v) is 5.60. The highest BCUT2D eigenvalue weighted by atomic mass is 16.2. The summed E-state index contributed by atoms with van der Waals surface area (Å²) in [5.74, 6) is -0.437. The molecule has 0 unspecified atom stereocenters. The number of benzene rings is 2. The van der Waals surface area contributed by atoms with Gasteiger partial charge in [-0.25, -0.2) is 0 Å². The fraction of sp³-hybridized carbons (Fsp3) is 0.375. The summed E-state index contributed by atoms with van der Waals surface area (Å²) in [4.78, 5) is 47.7. The molecule has 4 N–H and O–H groups in total. The Morgan fingerprint density at radius 1 is 0.854 bits per heavy atom. The maximum absolute atomic E-state index is 13.3. The number of anilines is 2. The molecule has 41 heavy (non-hydrogen) atoms. The Balaban J connectivity index is 1.36. The number of hydrogen-bond donors (Lipinski definition) is 3. The molecule has 214 valence electrons. The Labute approximate surface area is 241 Å². The summed E-state index contributed by atoms with van der Waals surface area (Å²) < 4.78 is 0. The van der Waals surface area contributed by atoms with Crippen molar-refractivity contribution in [3.8, 4) is 0 Å². The lowest BCUT2D eigenvalue weighted by atomic mass is 9.91. The van der Waals surface area contributed by atoms with Crippen molar-refractivity contribution < 1.29 is 14.4 Å². The average Bonchev–Trinajstić information content (AvgIpc) is 3.25. The molecule has 2 aromatic carbocycles. The molecule has 1 saturated carbocycles. The van der Waals surface area contributed by atoms with Crippen LogP contribution in [0.4, 0.5) is 11.4 Å². The van der Waals surface area contributed by atoms with Crippen LogP contribution < -0.4 is 21.3 Å². The van der Waals surface area contributed by atoms with E-state index in [9.17, 15) is 14.4 Å². The number of nitrogens with one attached hydrogen (secondary N) is 2. The Morgan fingerprint density at radius 2 is 1.63 bits per heavy atom. The molecule has 1 aliphatic carbocycles. The third-order valence-corrected chi connectivity index (χ3v) is 7.93. The van der Waals surface area contributed by atoms with E-state index in [1.807, 2.05) is 42.2 Å². The molecular weight excluding hydrogens is 516 g/mol. The van der Waals surface area contributed by atoms with E-state index in [-0.39, 0.29) is 29.8 Å².